The van der Waals surface area contributed by atoms with Crippen molar-refractivity contribution in [1.82, 2.24) is 9.80 Å². The summed E-state index contributed by atoms with van der Waals surface area (Å²) in [7, 11) is 0. The number of benzene rings is 2. The predicted molar refractivity (Wildman–Crippen MR) is 124 cm³/mol. The Bertz CT molecular complexity index is 1160. The van der Waals surface area contributed by atoms with E-state index in [0.29, 0.717) is 44.1 Å². The molecule has 4 aliphatic rings. The van der Waals surface area contributed by atoms with Crippen molar-refractivity contribution in [2.24, 2.45) is 0 Å². The summed E-state index contributed by atoms with van der Waals surface area (Å²) >= 11 is 0. The number of carbonyl (C=O) groups is 3. The van der Waals surface area contributed by atoms with Gasteiger partial charge in [0, 0.05) is 31.6 Å². The second kappa shape index (κ2) is 7.58. The zero-order valence-electron chi connectivity index (χ0n) is 19.0. The molecule has 3 fully saturated rings. The Hall–Kier alpha value is -3.35. The maximum atomic E-state index is 13.7. The Morgan fingerprint density at radius 2 is 1.62 bits per heavy atom. The zero-order valence-corrected chi connectivity index (χ0v) is 19.0. The van der Waals surface area contributed by atoms with Crippen molar-refractivity contribution < 1.29 is 24.2 Å². The molecule has 7 nitrogen and oxygen atoms in total. The number of rotatable bonds is 3. The molecular formula is C27H28N2O5. The van der Waals surface area contributed by atoms with Crippen molar-refractivity contribution in [3.05, 3.63) is 70.8 Å². The Kier molecular flexibility index (Phi) is 4.73. The molecule has 6 rings (SSSR count). The molecule has 7 heteroatoms. The maximum Gasteiger partial charge on any atom is 0.407 e. The van der Waals surface area contributed by atoms with E-state index in [-0.39, 0.29) is 11.9 Å². The highest BCUT2D eigenvalue weighted by Crippen LogP contribution is 2.52. The lowest BCUT2D eigenvalue weighted by Gasteiger charge is -2.30. The van der Waals surface area contributed by atoms with Gasteiger partial charge in [-0.3, -0.25) is 4.79 Å². The Morgan fingerprint density at radius 3 is 2.29 bits per heavy atom. The van der Waals surface area contributed by atoms with E-state index in [1.54, 1.807) is 6.07 Å². The number of esters is 1. The molecule has 1 unspecified atom stereocenters. The third kappa shape index (κ3) is 3.21. The van der Waals surface area contributed by atoms with Crippen LogP contribution in [0.4, 0.5) is 4.79 Å². The Balaban J connectivity index is 1.16. The maximum absolute atomic E-state index is 13.7. The van der Waals surface area contributed by atoms with Crippen molar-refractivity contribution in [2.75, 3.05) is 26.2 Å². The van der Waals surface area contributed by atoms with Gasteiger partial charge in [-0.2, -0.15) is 0 Å². The monoisotopic (exact) mass is 460 g/mol. The van der Waals surface area contributed by atoms with Crippen molar-refractivity contribution in [3.8, 4) is 0 Å². The molecule has 1 spiro atoms. The quantitative estimate of drug-likeness (QED) is 0.703. The van der Waals surface area contributed by atoms with E-state index in [9.17, 15) is 14.4 Å². The predicted octanol–water partition coefficient (Wildman–Crippen LogP) is 3.87. The first-order chi connectivity index (χ1) is 16.4. The van der Waals surface area contributed by atoms with Crippen LogP contribution >= 0.6 is 0 Å². The van der Waals surface area contributed by atoms with E-state index in [2.05, 4.69) is 24.3 Å². The van der Waals surface area contributed by atoms with Gasteiger partial charge in [0.2, 0.25) is 5.91 Å². The molecule has 1 atom stereocenters. The van der Waals surface area contributed by atoms with Crippen LogP contribution < -0.4 is 0 Å². The van der Waals surface area contributed by atoms with Gasteiger partial charge in [0.25, 0.3) is 0 Å². The number of amides is 2. The first-order valence-corrected chi connectivity index (χ1v) is 12.1. The average Bonchev–Trinajstić information content (AvgIpc) is 3.50. The standard InChI is InChI=1S/C27H28N2O5/c30-23-21-3-1-2-4-22(21)27(34-23)13-16-29(17-27)24(31)26(11-12-26)20-7-5-18(6-8-20)19-9-14-28(15-10-19)25(32)33/h1-8,19H,9-17H2,(H,32,33). The van der Waals surface area contributed by atoms with Crippen LogP contribution in [0.3, 0.4) is 0 Å². The summed E-state index contributed by atoms with van der Waals surface area (Å²) in [6, 6.07) is 15.9. The van der Waals surface area contributed by atoms with Crippen LogP contribution in [0, 0.1) is 0 Å². The van der Waals surface area contributed by atoms with Gasteiger partial charge < -0.3 is 19.6 Å². The first kappa shape index (κ1) is 21.2. The minimum atomic E-state index is -0.845. The van der Waals surface area contributed by atoms with E-state index in [1.807, 2.05) is 23.1 Å². The lowest BCUT2D eigenvalue weighted by Crippen LogP contribution is -2.40. The highest BCUT2D eigenvalue weighted by molar-refractivity contribution is 5.96. The molecule has 0 aromatic heterocycles. The normalized spacial score (nSPS) is 25.4. The van der Waals surface area contributed by atoms with Gasteiger partial charge >= 0.3 is 12.1 Å². The number of nitrogens with zero attached hydrogens (tertiary/aromatic N) is 2. The molecule has 2 saturated heterocycles. The lowest BCUT2D eigenvalue weighted by atomic mass is 9.86. The van der Waals surface area contributed by atoms with Crippen LogP contribution in [-0.2, 0) is 20.5 Å². The fourth-order valence-electron chi connectivity index (χ4n) is 6.14. The number of carboxylic acid groups (broad SMARTS) is 1. The summed E-state index contributed by atoms with van der Waals surface area (Å²) in [5.74, 6) is 0.189. The van der Waals surface area contributed by atoms with Crippen molar-refractivity contribution >= 4 is 18.0 Å². The number of piperidine rings is 1. The minimum absolute atomic E-state index is 0.132. The molecular weight excluding hydrogens is 432 g/mol. The molecule has 1 aliphatic carbocycles. The van der Waals surface area contributed by atoms with E-state index < -0.39 is 17.1 Å². The van der Waals surface area contributed by atoms with Gasteiger partial charge in [-0.1, -0.05) is 42.5 Å². The number of likely N-dealkylation sites (tertiary alicyclic amines) is 2. The van der Waals surface area contributed by atoms with Gasteiger partial charge in [0.1, 0.15) is 0 Å². The summed E-state index contributed by atoms with van der Waals surface area (Å²) in [6.07, 6.45) is 3.11. The number of ether oxygens (including phenoxy) is 1. The molecule has 2 amide bonds. The van der Waals surface area contributed by atoms with E-state index in [0.717, 1.165) is 36.8 Å². The van der Waals surface area contributed by atoms with Crippen LogP contribution in [0.25, 0.3) is 0 Å². The summed E-state index contributed by atoms with van der Waals surface area (Å²) < 4.78 is 5.83. The molecule has 0 bridgehead atoms. The smallest absolute Gasteiger partial charge is 0.407 e. The number of carbonyl (C=O) groups excluding carboxylic acids is 2. The number of hydrogen-bond donors (Lipinski definition) is 1. The van der Waals surface area contributed by atoms with Crippen molar-refractivity contribution in [2.45, 2.75) is 49.0 Å². The van der Waals surface area contributed by atoms with Gasteiger partial charge in [0.15, 0.2) is 5.60 Å². The van der Waals surface area contributed by atoms with Gasteiger partial charge in [-0.15, -0.1) is 0 Å². The summed E-state index contributed by atoms with van der Waals surface area (Å²) in [5, 5.41) is 9.16. The van der Waals surface area contributed by atoms with E-state index in [1.165, 1.54) is 10.5 Å². The highest BCUT2D eigenvalue weighted by Gasteiger charge is 2.57. The van der Waals surface area contributed by atoms with Gasteiger partial charge in [0.05, 0.1) is 17.5 Å². The SMILES string of the molecule is O=C1OC2(CCN(C(=O)C3(c4ccc(C5CCN(C(=O)O)CC5)cc4)CC3)C2)c2ccccc21. The molecule has 2 aromatic carbocycles. The van der Waals surface area contributed by atoms with Crippen LogP contribution in [0.2, 0.25) is 0 Å². The van der Waals surface area contributed by atoms with E-state index in [4.69, 9.17) is 9.84 Å². The Morgan fingerprint density at radius 1 is 0.912 bits per heavy atom. The first-order valence-electron chi connectivity index (χ1n) is 12.1. The van der Waals surface area contributed by atoms with Crippen molar-refractivity contribution in [1.29, 1.82) is 0 Å². The molecule has 34 heavy (non-hydrogen) atoms. The van der Waals surface area contributed by atoms with Gasteiger partial charge in [-0.05, 0) is 48.8 Å². The van der Waals surface area contributed by atoms with Crippen LogP contribution in [0.1, 0.15) is 65.1 Å². The fourth-order valence-corrected chi connectivity index (χ4v) is 6.14. The third-order valence-electron chi connectivity index (χ3n) is 8.30. The molecule has 3 aliphatic heterocycles. The van der Waals surface area contributed by atoms with Crippen LogP contribution in [0.5, 0.6) is 0 Å². The topological polar surface area (TPSA) is 87.2 Å². The largest absolute Gasteiger partial charge is 0.465 e. The molecule has 1 N–H and O–H groups in total. The third-order valence-corrected chi connectivity index (χ3v) is 8.30. The molecule has 0 radical (unpaired) electrons. The van der Waals surface area contributed by atoms with E-state index >= 15 is 0 Å². The highest BCUT2D eigenvalue weighted by atomic mass is 16.6. The Labute approximate surface area is 198 Å². The molecule has 176 valence electrons. The molecule has 2 aromatic rings. The number of hydrogen-bond acceptors (Lipinski definition) is 4. The minimum Gasteiger partial charge on any atom is -0.465 e. The lowest BCUT2D eigenvalue weighted by molar-refractivity contribution is -0.134. The fraction of sp³-hybridized carbons (Fsp3) is 0.444. The summed E-state index contributed by atoms with van der Waals surface area (Å²) in [6.45, 7) is 2.13. The van der Waals surface area contributed by atoms with Crippen LogP contribution in [-0.4, -0.2) is 59.1 Å². The van der Waals surface area contributed by atoms with Gasteiger partial charge in [-0.25, -0.2) is 9.59 Å². The van der Waals surface area contributed by atoms with Crippen molar-refractivity contribution in [3.63, 3.8) is 0 Å². The summed E-state index contributed by atoms with van der Waals surface area (Å²) in [4.78, 5) is 40.6. The van der Waals surface area contributed by atoms with Crippen LogP contribution in [0.15, 0.2) is 48.5 Å². The zero-order chi connectivity index (χ0) is 23.5. The summed E-state index contributed by atoms with van der Waals surface area (Å²) in [5.41, 5.74) is 2.59. The number of fused-ring (bicyclic) bond motifs is 2. The second-order valence-electron chi connectivity index (χ2n) is 10.2. The molecule has 3 heterocycles. The second-order valence-corrected chi connectivity index (χ2v) is 10.2. The average molecular weight is 461 g/mol. The molecule has 1 saturated carbocycles.